The number of nitrogens with one attached hydrogen (secondary N) is 1. The second-order valence-corrected chi connectivity index (χ2v) is 10.4. The Morgan fingerprint density at radius 3 is 2.51 bits per heavy atom. The number of nitrogens with zero attached hydrogens (tertiary/aromatic N) is 1. The molecule has 2 heterocycles. The summed E-state index contributed by atoms with van der Waals surface area (Å²) >= 11 is 6.99. The lowest BCUT2D eigenvalue weighted by Gasteiger charge is -2.40. The van der Waals surface area contributed by atoms with Crippen molar-refractivity contribution >= 4 is 29.1 Å². The first-order valence-electron chi connectivity index (χ1n) is 13.0. The highest BCUT2D eigenvalue weighted by Crippen LogP contribution is 2.56. The first-order valence-corrected chi connectivity index (χ1v) is 13.4. The minimum Gasteiger partial charge on any atom is -0.486 e. The Morgan fingerprint density at radius 2 is 1.73 bits per heavy atom. The van der Waals surface area contributed by atoms with E-state index in [1.807, 2.05) is 54.6 Å². The first-order chi connectivity index (χ1) is 18.1. The van der Waals surface area contributed by atoms with Crippen LogP contribution >= 0.6 is 11.6 Å². The molecule has 0 unspecified atom stereocenters. The molecule has 6 rings (SSSR count). The number of carbonyl (C=O) groups excluding carboxylic acids is 2. The summed E-state index contributed by atoms with van der Waals surface area (Å²) in [5, 5.41) is 3.79. The summed E-state index contributed by atoms with van der Waals surface area (Å²) in [5.74, 6) is 0.127. The van der Waals surface area contributed by atoms with Crippen LogP contribution in [0.4, 0.5) is 5.69 Å². The standard InChI is InChI=1S/C31H29ClN2O3/c1-2-10-26(35)34-28(31(36)33-20-12-4-3-5-13-20)23-16-9-8-15-22(23)27-25(32)17-24-21-14-7-6-11-19(21)18-37-30(24)29(27)34/h2,6-11,14-17,20,28H,3-5,12-13,18H2,1H3,(H,33,36)/b10-2+/t28-/m0/s1. The van der Waals surface area contributed by atoms with Gasteiger partial charge in [0.1, 0.15) is 12.6 Å². The summed E-state index contributed by atoms with van der Waals surface area (Å²) in [6.45, 7) is 2.18. The molecule has 3 aliphatic rings. The highest BCUT2D eigenvalue weighted by atomic mass is 35.5. The molecule has 1 fully saturated rings. The van der Waals surface area contributed by atoms with Gasteiger partial charge in [0.2, 0.25) is 5.91 Å². The lowest BCUT2D eigenvalue weighted by atomic mass is 9.84. The number of allylic oxidation sites excluding steroid dienone is 1. The average Bonchev–Trinajstić information content (AvgIpc) is 2.92. The Labute approximate surface area is 222 Å². The molecule has 1 atom stereocenters. The summed E-state index contributed by atoms with van der Waals surface area (Å²) < 4.78 is 6.35. The minimum absolute atomic E-state index is 0.116. The molecule has 0 spiro atoms. The molecule has 3 aromatic carbocycles. The first kappa shape index (κ1) is 23.8. The second kappa shape index (κ2) is 9.71. The molecule has 2 aliphatic heterocycles. The molecule has 3 aromatic rings. The van der Waals surface area contributed by atoms with Crippen LogP contribution in [-0.4, -0.2) is 17.9 Å². The van der Waals surface area contributed by atoms with Crippen molar-refractivity contribution in [1.82, 2.24) is 5.32 Å². The maximum Gasteiger partial charge on any atom is 0.251 e. The van der Waals surface area contributed by atoms with Crippen LogP contribution in [0.5, 0.6) is 5.75 Å². The van der Waals surface area contributed by atoms with E-state index in [9.17, 15) is 9.59 Å². The van der Waals surface area contributed by atoms with E-state index < -0.39 is 6.04 Å². The van der Waals surface area contributed by atoms with E-state index in [0.29, 0.717) is 23.1 Å². The third-order valence-electron chi connectivity index (χ3n) is 7.66. The van der Waals surface area contributed by atoms with Crippen molar-refractivity contribution in [2.75, 3.05) is 4.90 Å². The maximum absolute atomic E-state index is 14.0. The SMILES string of the molecule is C/C=C/C(=O)N1c2c3c(cc(Cl)c2-c2ccccc2[C@H]1C(=O)NC1CCCCC1)-c1ccccc1CO3. The fraction of sp³-hybridized carbons (Fsp3) is 0.290. The Kier molecular flexibility index (Phi) is 6.25. The molecule has 1 N–H and O–H groups in total. The zero-order valence-electron chi connectivity index (χ0n) is 20.8. The van der Waals surface area contributed by atoms with E-state index in [0.717, 1.165) is 59.1 Å². The van der Waals surface area contributed by atoms with Gasteiger partial charge in [0.15, 0.2) is 5.75 Å². The zero-order valence-corrected chi connectivity index (χ0v) is 21.6. The lowest BCUT2D eigenvalue weighted by molar-refractivity contribution is -0.126. The number of amides is 2. The zero-order chi connectivity index (χ0) is 25.5. The highest BCUT2D eigenvalue weighted by molar-refractivity contribution is 6.35. The van der Waals surface area contributed by atoms with Crippen LogP contribution in [-0.2, 0) is 16.2 Å². The number of hydrogen-bond acceptors (Lipinski definition) is 3. The molecular formula is C31H29ClN2O3. The van der Waals surface area contributed by atoms with Crippen molar-refractivity contribution in [2.45, 2.75) is 57.7 Å². The van der Waals surface area contributed by atoms with Gasteiger partial charge in [-0.1, -0.05) is 85.5 Å². The average molecular weight is 513 g/mol. The van der Waals surface area contributed by atoms with Crippen molar-refractivity contribution < 1.29 is 14.3 Å². The largest absolute Gasteiger partial charge is 0.486 e. The predicted octanol–water partition coefficient (Wildman–Crippen LogP) is 6.98. The molecule has 0 bridgehead atoms. The summed E-state index contributed by atoms with van der Waals surface area (Å²) in [6, 6.07) is 17.0. The molecule has 0 saturated heterocycles. The smallest absolute Gasteiger partial charge is 0.251 e. The molecule has 37 heavy (non-hydrogen) atoms. The molecule has 1 aliphatic carbocycles. The number of benzene rings is 3. The fourth-order valence-electron chi connectivity index (χ4n) is 5.99. The third kappa shape index (κ3) is 4.02. The maximum atomic E-state index is 14.0. The molecule has 188 valence electrons. The summed E-state index contributed by atoms with van der Waals surface area (Å²) in [7, 11) is 0. The van der Waals surface area contributed by atoms with Crippen LogP contribution in [0.15, 0.2) is 66.7 Å². The molecular weight excluding hydrogens is 484 g/mol. The van der Waals surface area contributed by atoms with Crippen LogP contribution in [0.1, 0.15) is 56.2 Å². The van der Waals surface area contributed by atoms with E-state index >= 15 is 0 Å². The fourth-order valence-corrected chi connectivity index (χ4v) is 6.29. The Morgan fingerprint density at radius 1 is 1.00 bits per heavy atom. The topological polar surface area (TPSA) is 58.6 Å². The van der Waals surface area contributed by atoms with Crippen LogP contribution in [0.25, 0.3) is 22.3 Å². The van der Waals surface area contributed by atoms with E-state index in [1.54, 1.807) is 17.9 Å². The summed E-state index contributed by atoms with van der Waals surface area (Å²) in [5.41, 5.74) is 5.79. The summed E-state index contributed by atoms with van der Waals surface area (Å²) in [4.78, 5) is 29.4. The predicted molar refractivity (Wildman–Crippen MR) is 147 cm³/mol. The number of hydrogen-bond donors (Lipinski definition) is 1. The van der Waals surface area contributed by atoms with Gasteiger partial charge in [0.25, 0.3) is 5.91 Å². The number of carbonyl (C=O) groups is 2. The van der Waals surface area contributed by atoms with Gasteiger partial charge in [-0.25, -0.2) is 0 Å². The molecule has 5 nitrogen and oxygen atoms in total. The van der Waals surface area contributed by atoms with Crippen LogP contribution in [0.2, 0.25) is 5.02 Å². The van der Waals surface area contributed by atoms with Gasteiger partial charge in [-0.15, -0.1) is 0 Å². The van der Waals surface area contributed by atoms with Gasteiger partial charge in [-0.3, -0.25) is 14.5 Å². The molecule has 1 saturated carbocycles. The van der Waals surface area contributed by atoms with Crippen LogP contribution in [0.3, 0.4) is 0 Å². The normalized spacial score (nSPS) is 18.3. The summed E-state index contributed by atoms with van der Waals surface area (Å²) in [6.07, 6.45) is 8.52. The van der Waals surface area contributed by atoms with Gasteiger partial charge in [0, 0.05) is 17.2 Å². The van der Waals surface area contributed by atoms with Crippen molar-refractivity contribution in [3.05, 3.63) is 82.9 Å². The number of fused-ring (bicyclic) bond motifs is 7. The second-order valence-electron chi connectivity index (χ2n) is 9.95. The number of rotatable bonds is 3. The van der Waals surface area contributed by atoms with Gasteiger partial charge in [-0.05, 0) is 54.2 Å². The van der Waals surface area contributed by atoms with Crippen molar-refractivity contribution in [2.24, 2.45) is 0 Å². The Bertz CT molecular complexity index is 1420. The number of ether oxygens (including phenoxy) is 1. The highest BCUT2D eigenvalue weighted by Gasteiger charge is 2.43. The van der Waals surface area contributed by atoms with Crippen molar-refractivity contribution in [3.8, 4) is 28.0 Å². The number of anilines is 1. The van der Waals surface area contributed by atoms with E-state index in [-0.39, 0.29) is 17.9 Å². The minimum atomic E-state index is -0.835. The Hall–Kier alpha value is -3.57. The van der Waals surface area contributed by atoms with Crippen LogP contribution in [0, 0.1) is 0 Å². The van der Waals surface area contributed by atoms with Crippen molar-refractivity contribution in [1.29, 1.82) is 0 Å². The van der Waals surface area contributed by atoms with Gasteiger partial charge in [0.05, 0.1) is 10.7 Å². The molecule has 2 amide bonds. The monoisotopic (exact) mass is 512 g/mol. The third-order valence-corrected chi connectivity index (χ3v) is 7.95. The quantitative estimate of drug-likeness (QED) is 0.385. The molecule has 0 radical (unpaired) electrons. The molecule has 0 aromatic heterocycles. The Balaban J connectivity index is 1.58. The van der Waals surface area contributed by atoms with Crippen molar-refractivity contribution in [3.63, 3.8) is 0 Å². The van der Waals surface area contributed by atoms with Gasteiger partial charge in [-0.2, -0.15) is 0 Å². The lowest BCUT2D eigenvalue weighted by Crippen LogP contribution is -2.48. The van der Waals surface area contributed by atoms with Crippen LogP contribution < -0.4 is 15.0 Å². The van der Waals surface area contributed by atoms with Gasteiger partial charge >= 0.3 is 0 Å². The van der Waals surface area contributed by atoms with E-state index in [2.05, 4.69) is 5.32 Å². The van der Waals surface area contributed by atoms with E-state index in [4.69, 9.17) is 16.3 Å². The van der Waals surface area contributed by atoms with Gasteiger partial charge < -0.3 is 10.1 Å². The van der Waals surface area contributed by atoms with E-state index in [1.165, 1.54) is 12.5 Å². The molecule has 6 heteroatoms. The number of halogens is 1.